The van der Waals surface area contributed by atoms with Crippen molar-refractivity contribution < 1.29 is 9.53 Å². The van der Waals surface area contributed by atoms with E-state index < -0.39 is 11.1 Å². The number of nitrogens with two attached hydrogens (primary N) is 1. The number of nitrogens with zero attached hydrogens (tertiary/aromatic N) is 3. The lowest BCUT2D eigenvalue weighted by Gasteiger charge is -2.34. The van der Waals surface area contributed by atoms with E-state index in [0.717, 1.165) is 11.3 Å². The average molecular weight is 266 g/mol. The molecule has 106 valence electrons. The molecule has 1 aliphatic heterocycles. The Balaban J connectivity index is 2.33. The van der Waals surface area contributed by atoms with Crippen LogP contribution in [0.5, 0.6) is 0 Å². The van der Waals surface area contributed by atoms with Crippen molar-refractivity contribution in [2.45, 2.75) is 52.3 Å². The number of rotatable bonds is 0. The number of carbonyl (C=O) groups is 1. The summed E-state index contributed by atoms with van der Waals surface area (Å²) in [6.45, 7) is 9.97. The molecule has 2 N–H and O–H groups in total. The normalized spacial score (nSPS) is 17.5. The van der Waals surface area contributed by atoms with Crippen LogP contribution in [0.1, 0.15) is 45.9 Å². The number of anilines is 1. The molecule has 1 aromatic rings. The van der Waals surface area contributed by atoms with Crippen molar-refractivity contribution in [2.75, 3.05) is 5.73 Å². The highest BCUT2D eigenvalue weighted by atomic mass is 16.6. The number of hydrogen-bond acceptors (Lipinski definition) is 4. The van der Waals surface area contributed by atoms with Crippen LogP contribution in [0.2, 0.25) is 0 Å². The van der Waals surface area contributed by atoms with Gasteiger partial charge < -0.3 is 10.5 Å². The molecule has 2 rings (SSSR count). The summed E-state index contributed by atoms with van der Waals surface area (Å²) < 4.78 is 7.20. The van der Waals surface area contributed by atoms with E-state index in [-0.39, 0.29) is 6.09 Å². The number of amides is 1. The third kappa shape index (κ3) is 2.15. The van der Waals surface area contributed by atoms with Crippen LogP contribution in [0.15, 0.2) is 0 Å². The summed E-state index contributed by atoms with van der Waals surface area (Å²) in [6, 6.07) is 0. The van der Waals surface area contributed by atoms with Gasteiger partial charge in [-0.3, -0.25) is 9.58 Å². The lowest BCUT2D eigenvalue weighted by molar-refractivity contribution is 0.00407. The van der Waals surface area contributed by atoms with Crippen LogP contribution in [0.25, 0.3) is 0 Å². The van der Waals surface area contributed by atoms with Gasteiger partial charge in [0.2, 0.25) is 0 Å². The minimum Gasteiger partial charge on any atom is -0.444 e. The minimum absolute atomic E-state index is 0.326. The molecule has 0 radical (unpaired) electrons. The van der Waals surface area contributed by atoms with Crippen molar-refractivity contribution in [3.8, 4) is 0 Å². The maximum atomic E-state index is 12.3. The SMILES string of the molecule is Cn1nc(N)c2c1C(C)(C)N(C(=O)OC(C)(C)C)C2. The molecule has 2 heterocycles. The van der Waals surface area contributed by atoms with E-state index in [9.17, 15) is 4.79 Å². The topological polar surface area (TPSA) is 73.4 Å². The molecule has 6 nitrogen and oxygen atoms in total. The van der Waals surface area contributed by atoms with Crippen molar-refractivity contribution in [1.29, 1.82) is 0 Å². The summed E-state index contributed by atoms with van der Waals surface area (Å²) in [6.07, 6.45) is -0.326. The molecule has 1 amide bonds. The number of aromatic nitrogens is 2. The Kier molecular flexibility index (Phi) is 2.80. The van der Waals surface area contributed by atoms with Crippen molar-refractivity contribution >= 4 is 11.9 Å². The number of hydrogen-bond donors (Lipinski definition) is 1. The first-order valence-electron chi connectivity index (χ1n) is 6.36. The standard InChI is InChI=1S/C13H22N4O2/c1-12(2,3)19-11(18)17-7-8-9(13(17,4)5)16(6)15-10(8)14/h7H2,1-6H3,(H2,14,15). The Morgan fingerprint density at radius 2 is 2.00 bits per heavy atom. The van der Waals surface area contributed by atoms with Gasteiger partial charge >= 0.3 is 6.09 Å². The summed E-state index contributed by atoms with van der Waals surface area (Å²) in [5, 5.41) is 4.21. The number of nitrogen functional groups attached to an aromatic ring is 1. The predicted molar refractivity (Wildman–Crippen MR) is 72.4 cm³/mol. The van der Waals surface area contributed by atoms with Gasteiger partial charge in [0.25, 0.3) is 0 Å². The Morgan fingerprint density at radius 3 is 2.47 bits per heavy atom. The summed E-state index contributed by atoms with van der Waals surface area (Å²) in [4.78, 5) is 14.0. The second-order valence-corrected chi connectivity index (χ2v) is 6.46. The summed E-state index contributed by atoms with van der Waals surface area (Å²) in [5.41, 5.74) is 6.79. The molecule has 1 aliphatic rings. The second-order valence-electron chi connectivity index (χ2n) is 6.46. The third-order valence-electron chi connectivity index (χ3n) is 3.36. The van der Waals surface area contributed by atoms with Gasteiger partial charge in [0.15, 0.2) is 5.82 Å². The fourth-order valence-electron chi connectivity index (χ4n) is 2.60. The first-order valence-corrected chi connectivity index (χ1v) is 6.36. The molecule has 0 saturated heterocycles. The number of ether oxygens (including phenoxy) is 1. The quantitative estimate of drug-likeness (QED) is 0.779. The van der Waals surface area contributed by atoms with Crippen LogP contribution in [-0.4, -0.2) is 26.4 Å². The van der Waals surface area contributed by atoms with Crippen LogP contribution < -0.4 is 5.73 Å². The lowest BCUT2D eigenvalue weighted by Crippen LogP contribution is -2.44. The van der Waals surface area contributed by atoms with Crippen molar-refractivity contribution in [2.24, 2.45) is 7.05 Å². The zero-order valence-corrected chi connectivity index (χ0v) is 12.4. The molecular weight excluding hydrogens is 244 g/mol. The van der Waals surface area contributed by atoms with Crippen LogP contribution in [0.3, 0.4) is 0 Å². The lowest BCUT2D eigenvalue weighted by atomic mass is 10.0. The van der Waals surface area contributed by atoms with Crippen molar-refractivity contribution in [1.82, 2.24) is 14.7 Å². The van der Waals surface area contributed by atoms with Crippen LogP contribution >= 0.6 is 0 Å². The van der Waals surface area contributed by atoms with Gasteiger partial charge in [0, 0.05) is 12.6 Å². The molecule has 0 atom stereocenters. The van der Waals surface area contributed by atoms with Crippen LogP contribution in [0.4, 0.5) is 10.6 Å². The number of aryl methyl sites for hydroxylation is 1. The van der Waals surface area contributed by atoms with E-state index in [1.807, 2.05) is 41.7 Å². The number of carbonyl (C=O) groups excluding carboxylic acids is 1. The Hall–Kier alpha value is -1.72. The summed E-state index contributed by atoms with van der Waals surface area (Å²) in [5.74, 6) is 0.483. The molecule has 0 saturated carbocycles. The molecule has 0 spiro atoms. The molecule has 0 unspecified atom stereocenters. The van der Waals surface area contributed by atoms with Gasteiger partial charge in [-0.2, -0.15) is 5.10 Å². The van der Waals surface area contributed by atoms with Gasteiger partial charge in [-0.05, 0) is 34.6 Å². The van der Waals surface area contributed by atoms with Gasteiger partial charge in [-0.25, -0.2) is 4.79 Å². The molecule has 0 aromatic carbocycles. The number of fused-ring (bicyclic) bond motifs is 1. The first-order chi connectivity index (χ1) is 8.54. The monoisotopic (exact) mass is 266 g/mol. The highest BCUT2D eigenvalue weighted by molar-refractivity contribution is 5.72. The molecule has 1 aromatic heterocycles. The van der Waals surface area contributed by atoms with Gasteiger partial charge in [0.1, 0.15) is 5.60 Å². The third-order valence-corrected chi connectivity index (χ3v) is 3.36. The van der Waals surface area contributed by atoms with E-state index >= 15 is 0 Å². The zero-order valence-electron chi connectivity index (χ0n) is 12.4. The maximum absolute atomic E-state index is 12.3. The molecule has 0 fully saturated rings. The Morgan fingerprint density at radius 1 is 1.42 bits per heavy atom. The first kappa shape index (κ1) is 13.7. The van der Waals surface area contributed by atoms with Crippen molar-refractivity contribution in [3.63, 3.8) is 0 Å². The average Bonchev–Trinajstić information content (AvgIpc) is 2.61. The van der Waals surface area contributed by atoms with Crippen molar-refractivity contribution in [3.05, 3.63) is 11.3 Å². The predicted octanol–water partition coefficient (Wildman–Crippen LogP) is 1.99. The summed E-state index contributed by atoms with van der Waals surface area (Å²) >= 11 is 0. The van der Waals surface area contributed by atoms with E-state index in [4.69, 9.17) is 10.5 Å². The fraction of sp³-hybridized carbons (Fsp3) is 0.692. The minimum atomic E-state index is -0.508. The molecule has 19 heavy (non-hydrogen) atoms. The van der Waals surface area contributed by atoms with E-state index in [1.54, 1.807) is 9.58 Å². The molecule has 6 heteroatoms. The van der Waals surface area contributed by atoms with Crippen LogP contribution in [-0.2, 0) is 23.9 Å². The molecular formula is C13H22N4O2. The van der Waals surface area contributed by atoms with E-state index in [0.29, 0.717) is 12.4 Å². The van der Waals surface area contributed by atoms with Gasteiger partial charge in [0.05, 0.1) is 17.8 Å². The maximum Gasteiger partial charge on any atom is 0.411 e. The Labute approximate surface area is 113 Å². The van der Waals surface area contributed by atoms with E-state index in [2.05, 4.69) is 5.10 Å². The van der Waals surface area contributed by atoms with Gasteiger partial charge in [-0.15, -0.1) is 0 Å². The fourth-order valence-corrected chi connectivity index (χ4v) is 2.60. The zero-order chi connectivity index (χ0) is 14.6. The smallest absolute Gasteiger partial charge is 0.411 e. The molecule has 0 bridgehead atoms. The second kappa shape index (κ2) is 3.88. The van der Waals surface area contributed by atoms with E-state index in [1.165, 1.54) is 0 Å². The highest BCUT2D eigenvalue weighted by Crippen LogP contribution is 2.41. The highest BCUT2D eigenvalue weighted by Gasteiger charge is 2.45. The Bertz CT molecular complexity index is 525. The van der Waals surface area contributed by atoms with Gasteiger partial charge in [-0.1, -0.05) is 0 Å². The largest absolute Gasteiger partial charge is 0.444 e. The van der Waals surface area contributed by atoms with Crippen LogP contribution in [0, 0.1) is 0 Å². The summed E-state index contributed by atoms with van der Waals surface area (Å²) in [7, 11) is 1.84. The molecule has 0 aliphatic carbocycles.